The van der Waals surface area contributed by atoms with Gasteiger partial charge >= 0.3 is 0 Å². The zero-order chi connectivity index (χ0) is 10.4. The second-order valence-corrected chi connectivity index (χ2v) is 4.51. The number of rotatable bonds is 1. The Morgan fingerprint density at radius 1 is 1.27 bits per heavy atom. The van der Waals surface area contributed by atoms with E-state index in [1.54, 1.807) is 6.07 Å². The number of nitrogens with two attached hydrogens (primary N) is 1. The van der Waals surface area contributed by atoms with Gasteiger partial charge in [-0.2, -0.15) is 0 Å². The number of anilines is 1. The Morgan fingerprint density at radius 2 is 2.07 bits per heavy atom. The Kier molecular flexibility index (Phi) is 1.79. The van der Waals surface area contributed by atoms with Crippen molar-refractivity contribution in [3.05, 3.63) is 34.5 Å². The summed E-state index contributed by atoms with van der Waals surface area (Å²) in [4.78, 5) is 4.22. The van der Waals surface area contributed by atoms with E-state index in [9.17, 15) is 4.39 Å². The van der Waals surface area contributed by atoms with Gasteiger partial charge in [0.1, 0.15) is 5.82 Å². The monoisotopic (exact) mass is 220 g/mol. The van der Waals surface area contributed by atoms with Crippen molar-refractivity contribution in [2.75, 3.05) is 5.73 Å². The Hall–Kier alpha value is -1.42. The quantitative estimate of drug-likeness (QED) is 0.802. The summed E-state index contributed by atoms with van der Waals surface area (Å²) < 4.78 is 13.3. The van der Waals surface area contributed by atoms with Gasteiger partial charge in [-0.3, -0.25) is 0 Å². The lowest BCUT2D eigenvalue weighted by Crippen LogP contribution is -2.12. The smallest absolute Gasteiger partial charge is 0.180 e. The van der Waals surface area contributed by atoms with E-state index in [0.717, 1.165) is 35.2 Å². The molecule has 0 saturated heterocycles. The molecule has 0 amide bonds. The van der Waals surface area contributed by atoms with Crippen LogP contribution in [0.5, 0.6) is 0 Å². The van der Waals surface area contributed by atoms with Gasteiger partial charge in [-0.1, -0.05) is 0 Å². The maximum Gasteiger partial charge on any atom is 0.180 e. The molecule has 0 radical (unpaired) electrons. The molecule has 1 aliphatic rings. The van der Waals surface area contributed by atoms with Gasteiger partial charge < -0.3 is 5.73 Å². The minimum atomic E-state index is -0.0943. The van der Waals surface area contributed by atoms with Crippen molar-refractivity contribution in [1.29, 1.82) is 0 Å². The molecule has 0 aliphatic heterocycles. The summed E-state index contributed by atoms with van der Waals surface area (Å²) in [6.45, 7) is 0. The third-order valence-corrected chi connectivity index (χ3v) is 3.47. The van der Waals surface area contributed by atoms with Gasteiger partial charge in [-0.15, -0.1) is 11.3 Å². The average molecular weight is 220 g/mol. The van der Waals surface area contributed by atoms with Crippen molar-refractivity contribution >= 4 is 16.5 Å². The number of thiazole rings is 1. The Bertz CT molecular complexity index is 533. The van der Waals surface area contributed by atoms with Crippen molar-refractivity contribution in [3.63, 3.8) is 0 Å². The second kappa shape index (κ2) is 3.03. The average Bonchev–Trinajstić information content (AvgIpc) is 2.55. The van der Waals surface area contributed by atoms with Crippen LogP contribution >= 0.6 is 11.3 Å². The van der Waals surface area contributed by atoms with Crippen LogP contribution in [0.4, 0.5) is 9.52 Å². The fourth-order valence-corrected chi connectivity index (χ4v) is 2.51. The number of benzene rings is 1. The van der Waals surface area contributed by atoms with E-state index in [2.05, 4.69) is 4.98 Å². The molecule has 0 spiro atoms. The number of nitrogens with zero attached hydrogens (tertiary/aromatic N) is 1. The predicted octanol–water partition coefficient (Wildman–Crippen LogP) is 2.63. The molecule has 1 aromatic heterocycles. The molecule has 76 valence electrons. The van der Waals surface area contributed by atoms with E-state index in [1.807, 2.05) is 5.38 Å². The Balaban J connectivity index is 2.17. The standard InChI is InChI=1S/C11H9FN2S/c12-9-4-3-8(6-1-2-7(6)9)10-5-15-11(13)14-10/h3-5H,1-2H2,(H2,13,14). The lowest BCUT2D eigenvalue weighted by atomic mass is 9.83. The molecular formula is C11H9FN2S. The van der Waals surface area contributed by atoms with Crippen LogP contribution in [-0.2, 0) is 12.8 Å². The number of aromatic nitrogens is 1. The van der Waals surface area contributed by atoms with Crippen molar-refractivity contribution in [2.45, 2.75) is 12.8 Å². The summed E-state index contributed by atoms with van der Waals surface area (Å²) >= 11 is 1.42. The van der Waals surface area contributed by atoms with Crippen molar-refractivity contribution in [3.8, 4) is 11.3 Å². The largest absolute Gasteiger partial charge is 0.375 e. The topological polar surface area (TPSA) is 38.9 Å². The summed E-state index contributed by atoms with van der Waals surface area (Å²) in [6, 6.07) is 3.31. The van der Waals surface area contributed by atoms with Gasteiger partial charge in [-0.25, -0.2) is 9.37 Å². The van der Waals surface area contributed by atoms with Crippen LogP contribution in [0.1, 0.15) is 11.1 Å². The van der Waals surface area contributed by atoms with Crippen LogP contribution in [-0.4, -0.2) is 4.98 Å². The molecule has 4 heteroatoms. The minimum Gasteiger partial charge on any atom is -0.375 e. The molecule has 0 saturated carbocycles. The summed E-state index contributed by atoms with van der Waals surface area (Å²) in [7, 11) is 0. The van der Waals surface area contributed by atoms with Gasteiger partial charge in [0.2, 0.25) is 0 Å². The second-order valence-electron chi connectivity index (χ2n) is 3.62. The maximum atomic E-state index is 13.3. The van der Waals surface area contributed by atoms with Crippen LogP contribution < -0.4 is 5.73 Å². The van der Waals surface area contributed by atoms with Gasteiger partial charge in [0.05, 0.1) is 5.69 Å². The van der Waals surface area contributed by atoms with Gasteiger partial charge in [0.25, 0.3) is 0 Å². The van der Waals surface area contributed by atoms with Crippen LogP contribution in [0.25, 0.3) is 11.3 Å². The number of halogens is 1. The lowest BCUT2D eigenvalue weighted by molar-refractivity contribution is 0.589. The maximum absolute atomic E-state index is 13.3. The van der Waals surface area contributed by atoms with E-state index in [0.29, 0.717) is 5.13 Å². The van der Waals surface area contributed by atoms with Crippen molar-refractivity contribution in [1.82, 2.24) is 4.98 Å². The highest BCUT2D eigenvalue weighted by molar-refractivity contribution is 7.13. The highest BCUT2D eigenvalue weighted by Gasteiger charge is 2.22. The van der Waals surface area contributed by atoms with Crippen LogP contribution in [0.2, 0.25) is 0 Å². The van der Waals surface area contributed by atoms with E-state index in [4.69, 9.17) is 5.73 Å². The normalized spacial score (nSPS) is 13.4. The molecule has 0 unspecified atom stereocenters. The Labute approximate surface area is 90.6 Å². The first-order valence-electron chi connectivity index (χ1n) is 4.77. The molecule has 2 aromatic rings. The van der Waals surface area contributed by atoms with E-state index in [-0.39, 0.29) is 5.82 Å². The molecule has 1 aromatic carbocycles. The minimum absolute atomic E-state index is 0.0943. The van der Waals surface area contributed by atoms with Crippen molar-refractivity contribution in [2.24, 2.45) is 0 Å². The molecule has 1 heterocycles. The Morgan fingerprint density at radius 3 is 2.67 bits per heavy atom. The number of hydrogen-bond acceptors (Lipinski definition) is 3. The highest BCUT2D eigenvalue weighted by Crippen LogP contribution is 2.35. The van der Waals surface area contributed by atoms with Crippen molar-refractivity contribution < 1.29 is 4.39 Å². The summed E-state index contributed by atoms with van der Waals surface area (Å²) in [6.07, 6.45) is 1.79. The van der Waals surface area contributed by atoms with E-state index < -0.39 is 0 Å². The molecular weight excluding hydrogens is 211 g/mol. The molecule has 3 rings (SSSR count). The third kappa shape index (κ3) is 1.25. The fourth-order valence-electron chi connectivity index (χ4n) is 1.94. The number of hydrogen-bond donors (Lipinski definition) is 1. The molecule has 2 N–H and O–H groups in total. The first kappa shape index (κ1) is 8.85. The zero-order valence-electron chi connectivity index (χ0n) is 7.96. The summed E-state index contributed by atoms with van der Waals surface area (Å²) in [5.41, 5.74) is 9.43. The van der Waals surface area contributed by atoms with Gasteiger partial charge in [0, 0.05) is 10.9 Å². The zero-order valence-corrected chi connectivity index (χ0v) is 8.77. The molecule has 2 nitrogen and oxygen atoms in total. The first-order valence-corrected chi connectivity index (χ1v) is 5.65. The predicted molar refractivity (Wildman–Crippen MR) is 59.3 cm³/mol. The van der Waals surface area contributed by atoms with Crippen LogP contribution in [0.3, 0.4) is 0 Å². The highest BCUT2D eigenvalue weighted by atomic mass is 32.1. The van der Waals surface area contributed by atoms with E-state index >= 15 is 0 Å². The summed E-state index contributed by atoms with van der Waals surface area (Å²) in [5, 5.41) is 2.48. The van der Waals surface area contributed by atoms with Gasteiger partial charge in [0.15, 0.2) is 5.13 Å². The molecule has 0 fully saturated rings. The molecule has 15 heavy (non-hydrogen) atoms. The molecule has 1 aliphatic carbocycles. The number of nitrogen functional groups attached to an aromatic ring is 1. The lowest BCUT2D eigenvalue weighted by Gasteiger charge is -2.22. The van der Waals surface area contributed by atoms with Crippen LogP contribution in [0.15, 0.2) is 17.5 Å². The number of fused-ring (bicyclic) bond motifs is 1. The summed E-state index contributed by atoms with van der Waals surface area (Å²) in [5.74, 6) is -0.0943. The first-order chi connectivity index (χ1) is 7.25. The SMILES string of the molecule is Nc1nc(-c2ccc(F)c3c2CC3)cs1. The third-order valence-electron chi connectivity index (χ3n) is 2.80. The van der Waals surface area contributed by atoms with Gasteiger partial charge in [-0.05, 0) is 36.1 Å². The van der Waals surface area contributed by atoms with Crippen LogP contribution in [0, 0.1) is 5.82 Å². The fraction of sp³-hybridized carbons (Fsp3) is 0.182. The molecule has 0 atom stereocenters. The molecule has 0 bridgehead atoms. The van der Waals surface area contributed by atoms with E-state index in [1.165, 1.54) is 17.4 Å².